The summed E-state index contributed by atoms with van der Waals surface area (Å²) in [7, 11) is 0. The van der Waals surface area contributed by atoms with Crippen LogP contribution in [0.1, 0.15) is 23.7 Å². The molecule has 4 N–H and O–H groups in total. The van der Waals surface area contributed by atoms with Gasteiger partial charge in [-0.2, -0.15) is 0 Å². The molecule has 0 radical (unpaired) electrons. The van der Waals surface area contributed by atoms with Gasteiger partial charge < -0.3 is 15.9 Å². The van der Waals surface area contributed by atoms with E-state index in [0.29, 0.717) is 11.1 Å². The lowest BCUT2D eigenvalue weighted by atomic mass is 9.97. The van der Waals surface area contributed by atoms with E-state index in [0.717, 1.165) is 0 Å². The monoisotopic (exact) mass is 254 g/mol. The van der Waals surface area contributed by atoms with Gasteiger partial charge in [0, 0.05) is 12.1 Å². The van der Waals surface area contributed by atoms with E-state index in [4.69, 9.17) is 5.73 Å². The van der Waals surface area contributed by atoms with Gasteiger partial charge in [-0.15, -0.1) is 0 Å². The number of nitrogens with zero attached hydrogens (tertiary/aromatic N) is 1. The molecule has 1 amide bonds. The van der Waals surface area contributed by atoms with Crippen LogP contribution in [0.15, 0.2) is 18.2 Å². The summed E-state index contributed by atoms with van der Waals surface area (Å²) >= 11 is 0. The number of aliphatic hydroxyl groups is 2. The first-order chi connectivity index (χ1) is 8.32. The van der Waals surface area contributed by atoms with Gasteiger partial charge in [0.25, 0.3) is 5.69 Å². The van der Waals surface area contributed by atoms with Gasteiger partial charge in [-0.1, -0.05) is 0 Å². The van der Waals surface area contributed by atoms with E-state index in [9.17, 15) is 25.1 Å². The molecule has 98 valence electrons. The molecule has 1 rings (SSSR count). The number of amides is 1. The smallest absolute Gasteiger partial charge is 0.269 e. The van der Waals surface area contributed by atoms with Crippen molar-refractivity contribution in [1.82, 2.24) is 0 Å². The fourth-order valence-corrected chi connectivity index (χ4v) is 1.63. The number of carbonyl (C=O) groups is 1. The highest BCUT2D eigenvalue weighted by molar-refractivity contribution is 5.74. The highest BCUT2D eigenvalue weighted by Crippen LogP contribution is 2.25. The Kier molecular flexibility index (Phi) is 4.35. The van der Waals surface area contributed by atoms with Crippen LogP contribution >= 0.6 is 0 Å². The quantitative estimate of drug-likeness (QED) is 0.510. The van der Waals surface area contributed by atoms with Crippen LogP contribution in [0.3, 0.4) is 0 Å². The molecule has 1 aromatic carbocycles. The zero-order chi connectivity index (χ0) is 13.9. The number of hydrogen-bond donors (Lipinski definition) is 3. The number of carbonyl (C=O) groups excluding carboxylic acids is 1. The Labute approximate surface area is 103 Å². The molecule has 0 saturated carbocycles. The lowest BCUT2D eigenvalue weighted by Gasteiger charge is -2.18. The van der Waals surface area contributed by atoms with Gasteiger partial charge in [0.15, 0.2) is 0 Å². The Morgan fingerprint density at radius 2 is 2.11 bits per heavy atom. The highest BCUT2D eigenvalue weighted by atomic mass is 16.6. The van der Waals surface area contributed by atoms with Crippen LogP contribution in [-0.4, -0.2) is 27.1 Å². The van der Waals surface area contributed by atoms with Crippen molar-refractivity contribution >= 4 is 11.6 Å². The second kappa shape index (κ2) is 5.56. The Balaban J connectivity index is 2.96. The first-order valence-corrected chi connectivity index (χ1v) is 5.22. The summed E-state index contributed by atoms with van der Waals surface area (Å²) < 4.78 is 0. The third-order valence-electron chi connectivity index (χ3n) is 2.56. The molecule has 7 heteroatoms. The van der Waals surface area contributed by atoms with Crippen LogP contribution in [0.2, 0.25) is 0 Å². The van der Waals surface area contributed by atoms with Crippen molar-refractivity contribution in [3.63, 3.8) is 0 Å². The Morgan fingerprint density at radius 1 is 1.50 bits per heavy atom. The molecular formula is C11H14N2O5. The number of rotatable bonds is 5. The number of nitro groups is 1. The predicted molar refractivity (Wildman–Crippen MR) is 62.6 cm³/mol. The average Bonchev–Trinajstić information content (AvgIpc) is 2.26. The molecule has 0 saturated heterocycles. The number of nitrogens with two attached hydrogens (primary N) is 1. The van der Waals surface area contributed by atoms with Crippen molar-refractivity contribution in [2.75, 3.05) is 0 Å². The summed E-state index contributed by atoms with van der Waals surface area (Å²) in [5.41, 5.74) is 5.59. The molecular weight excluding hydrogens is 240 g/mol. The van der Waals surface area contributed by atoms with Gasteiger partial charge in [-0.3, -0.25) is 14.9 Å². The largest absolute Gasteiger partial charge is 0.390 e. The minimum atomic E-state index is -1.33. The molecule has 18 heavy (non-hydrogen) atoms. The molecule has 0 aliphatic heterocycles. The van der Waals surface area contributed by atoms with Crippen LogP contribution < -0.4 is 5.73 Å². The summed E-state index contributed by atoms with van der Waals surface area (Å²) in [6.07, 6.45) is -3.02. The van der Waals surface area contributed by atoms with Gasteiger partial charge >= 0.3 is 0 Å². The molecule has 0 spiro atoms. The van der Waals surface area contributed by atoms with E-state index in [2.05, 4.69) is 0 Å². The molecule has 0 heterocycles. The van der Waals surface area contributed by atoms with Crippen LogP contribution in [-0.2, 0) is 4.79 Å². The Hall–Kier alpha value is -1.99. The van der Waals surface area contributed by atoms with Gasteiger partial charge in [0.05, 0.1) is 17.4 Å². The standard InChI is InChI=1S/C11H14N2O5/c1-6-4-7(13(17)18)2-3-8(6)11(16)9(14)5-10(12)15/h2-4,9,11,14,16H,5H2,1H3,(H2,12,15). The lowest BCUT2D eigenvalue weighted by Crippen LogP contribution is -2.26. The number of aliphatic hydroxyl groups excluding tert-OH is 2. The highest BCUT2D eigenvalue weighted by Gasteiger charge is 2.22. The number of hydrogen-bond acceptors (Lipinski definition) is 5. The summed E-state index contributed by atoms with van der Waals surface area (Å²) in [5.74, 6) is -0.735. The van der Waals surface area contributed by atoms with Crippen LogP contribution in [0.4, 0.5) is 5.69 Å². The zero-order valence-electron chi connectivity index (χ0n) is 9.74. The molecule has 2 atom stereocenters. The number of nitro benzene ring substituents is 1. The fourth-order valence-electron chi connectivity index (χ4n) is 1.63. The fraction of sp³-hybridized carbons (Fsp3) is 0.364. The summed E-state index contributed by atoms with van der Waals surface area (Å²) in [5, 5.41) is 29.9. The van der Waals surface area contributed by atoms with Crippen molar-refractivity contribution < 1.29 is 19.9 Å². The summed E-state index contributed by atoms with van der Waals surface area (Å²) in [6, 6.07) is 3.86. The Bertz CT molecular complexity index is 475. The lowest BCUT2D eigenvalue weighted by molar-refractivity contribution is -0.384. The van der Waals surface area contributed by atoms with Crippen LogP contribution in [0, 0.1) is 17.0 Å². The molecule has 0 aliphatic carbocycles. The Morgan fingerprint density at radius 3 is 2.56 bits per heavy atom. The van der Waals surface area contributed by atoms with E-state index < -0.39 is 23.0 Å². The van der Waals surface area contributed by atoms with Crippen molar-refractivity contribution in [3.8, 4) is 0 Å². The first-order valence-electron chi connectivity index (χ1n) is 5.22. The second-order valence-corrected chi connectivity index (χ2v) is 3.98. The maximum atomic E-state index is 10.6. The normalized spacial score (nSPS) is 13.9. The maximum Gasteiger partial charge on any atom is 0.269 e. The van der Waals surface area contributed by atoms with Crippen LogP contribution in [0.5, 0.6) is 0 Å². The third-order valence-corrected chi connectivity index (χ3v) is 2.56. The second-order valence-electron chi connectivity index (χ2n) is 3.98. The van der Waals surface area contributed by atoms with E-state index in [-0.39, 0.29) is 12.1 Å². The zero-order valence-corrected chi connectivity index (χ0v) is 9.74. The number of primary amides is 1. The van der Waals surface area contributed by atoms with Gasteiger partial charge in [-0.05, 0) is 24.1 Å². The maximum absolute atomic E-state index is 10.6. The van der Waals surface area contributed by atoms with Crippen molar-refractivity contribution in [2.24, 2.45) is 5.73 Å². The molecule has 0 bridgehead atoms. The van der Waals surface area contributed by atoms with Gasteiger partial charge in [0.1, 0.15) is 6.10 Å². The van der Waals surface area contributed by atoms with Gasteiger partial charge in [0.2, 0.25) is 5.91 Å². The number of benzene rings is 1. The molecule has 1 aromatic rings. The van der Waals surface area contributed by atoms with Crippen molar-refractivity contribution in [2.45, 2.75) is 25.6 Å². The summed E-state index contributed by atoms with van der Waals surface area (Å²) in [4.78, 5) is 20.6. The minimum Gasteiger partial charge on any atom is -0.390 e. The molecule has 0 fully saturated rings. The molecule has 0 aromatic heterocycles. The molecule has 0 aliphatic rings. The van der Waals surface area contributed by atoms with E-state index >= 15 is 0 Å². The average molecular weight is 254 g/mol. The SMILES string of the molecule is Cc1cc([N+](=O)[O-])ccc1C(O)C(O)CC(N)=O. The third kappa shape index (κ3) is 3.25. The minimum absolute atomic E-state index is 0.104. The van der Waals surface area contributed by atoms with E-state index in [1.807, 2.05) is 0 Å². The van der Waals surface area contributed by atoms with Crippen molar-refractivity contribution in [1.29, 1.82) is 0 Å². The van der Waals surface area contributed by atoms with E-state index in [1.165, 1.54) is 18.2 Å². The summed E-state index contributed by atoms with van der Waals surface area (Å²) in [6.45, 7) is 1.57. The number of non-ortho nitro benzene ring substituents is 1. The number of aryl methyl sites for hydroxylation is 1. The topological polar surface area (TPSA) is 127 Å². The predicted octanol–water partition coefficient (Wildman–Crippen LogP) is 0.173. The van der Waals surface area contributed by atoms with Crippen LogP contribution in [0.25, 0.3) is 0 Å². The van der Waals surface area contributed by atoms with E-state index in [1.54, 1.807) is 6.92 Å². The molecule has 7 nitrogen and oxygen atoms in total. The molecule has 2 unspecified atom stereocenters. The van der Waals surface area contributed by atoms with Crippen molar-refractivity contribution in [3.05, 3.63) is 39.4 Å². The van der Waals surface area contributed by atoms with Gasteiger partial charge in [-0.25, -0.2) is 0 Å². The first kappa shape index (κ1) is 14.1.